The van der Waals surface area contributed by atoms with Crippen molar-refractivity contribution in [1.29, 1.82) is 0 Å². The van der Waals surface area contributed by atoms with E-state index in [0.29, 0.717) is 37.8 Å². The minimum absolute atomic E-state index is 0.543. The highest BCUT2D eigenvalue weighted by Crippen LogP contribution is 2.37. The predicted octanol–water partition coefficient (Wildman–Crippen LogP) is 2.26. The Morgan fingerprint density at radius 3 is 2.62 bits per heavy atom. The molecule has 116 valence electrons. The van der Waals surface area contributed by atoms with Gasteiger partial charge in [0.05, 0.1) is 12.5 Å². The molecule has 1 saturated heterocycles. The fourth-order valence-corrected chi connectivity index (χ4v) is 2.95. The molecule has 1 aromatic rings. The fraction of sp³-hybridized carbons (Fsp3) is 0.667. The van der Waals surface area contributed by atoms with Gasteiger partial charge in [-0.25, -0.2) is 4.98 Å². The molecule has 2 heterocycles. The molecule has 1 N–H and O–H groups in total. The number of piperidine rings is 1. The van der Waals surface area contributed by atoms with Crippen LogP contribution in [0.3, 0.4) is 0 Å². The van der Waals surface area contributed by atoms with Gasteiger partial charge in [0.1, 0.15) is 0 Å². The molecule has 0 spiro atoms. The average molecular weight is 293 g/mol. The lowest BCUT2D eigenvalue weighted by Crippen LogP contribution is -2.45. The molecule has 6 nitrogen and oxygen atoms in total. The first kappa shape index (κ1) is 15.5. The van der Waals surface area contributed by atoms with E-state index in [9.17, 15) is 9.90 Å². The van der Waals surface area contributed by atoms with Crippen molar-refractivity contribution in [1.82, 2.24) is 9.97 Å². The van der Waals surface area contributed by atoms with E-state index in [1.54, 1.807) is 13.2 Å². The number of methoxy groups -OCH3 is 1. The summed E-state index contributed by atoms with van der Waals surface area (Å²) in [5.41, 5.74) is 0.264. The van der Waals surface area contributed by atoms with Crippen LogP contribution in [0.2, 0.25) is 0 Å². The van der Waals surface area contributed by atoms with Gasteiger partial charge in [-0.05, 0) is 26.2 Å². The van der Waals surface area contributed by atoms with Crippen LogP contribution in [0.25, 0.3) is 0 Å². The summed E-state index contributed by atoms with van der Waals surface area (Å²) in [6.45, 7) is 5.26. The number of hydrogen-bond acceptors (Lipinski definition) is 5. The number of anilines is 1. The Balaban J connectivity index is 2.13. The molecular formula is C15H23N3O3. The second-order valence-electron chi connectivity index (χ2n) is 5.67. The van der Waals surface area contributed by atoms with Gasteiger partial charge in [0.15, 0.2) is 0 Å². The molecule has 0 amide bonds. The van der Waals surface area contributed by atoms with Gasteiger partial charge >= 0.3 is 5.97 Å². The Morgan fingerprint density at radius 2 is 2.10 bits per heavy atom. The number of aryl methyl sites for hydroxylation is 1. The molecular weight excluding hydrogens is 270 g/mol. The van der Waals surface area contributed by atoms with E-state index in [1.165, 1.54) is 0 Å². The van der Waals surface area contributed by atoms with E-state index < -0.39 is 11.4 Å². The summed E-state index contributed by atoms with van der Waals surface area (Å²) >= 11 is 0. The van der Waals surface area contributed by atoms with Crippen molar-refractivity contribution in [2.75, 3.05) is 25.1 Å². The largest absolute Gasteiger partial charge is 0.481 e. The molecule has 0 bridgehead atoms. The van der Waals surface area contributed by atoms with E-state index in [2.05, 4.69) is 9.97 Å². The molecule has 1 aliphatic heterocycles. The van der Waals surface area contributed by atoms with Gasteiger partial charge in [-0.15, -0.1) is 0 Å². The van der Waals surface area contributed by atoms with Gasteiger partial charge < -0.3 is 14.7 Å². The summed E-state index contributed by atoms with van der Waals surface area (Å²) in [5.74, 6) is 0.496. The van der Waals surface area contributed by atoms with Crippen LogP contribution in [0.4, 0.5) is 5.95 Å². The monoisotopic (exact) mass is 293 g/mol. The molecule has 6 heteroatoms. The summed E-state index contributed by atoms with van der Waals surface area (Å²) in [7, 11) is 1.58. The van der Waals surface area contributed by atoms with Gasteiger partial charge in [0.25, 0.3) is 0 Å². The zero-order chi connectivity index (χ0) is 15.5. The molecule has 1 fully saturated rings. The SMILES string of the molecule is CCCC1(C(=O)O)CCN(c2nc(C)cc(OC)n2)CC1. The van der Waals surface area contributed by atoms with Crippen LogP contribution in [0.15, 0.2) is 6.07 Å². The Bertz CT molecular complexity index is 511. The lowest BCUT2D eigenvalue weighted by molar-refractivity contribution is -0.150. The Morgan fingerprint density at radius 1 is 1.43 bits per heavy atom. The van der Waals surface area contributed by atoms with Crippen LogP contribution in [0, 0.1) is 12.3 Å². The smallest absolute Gasteiger partial charge is 0.309 e. The maximum Gasteiger partial charge on any atom is 0.309 e. The number of ether oxygens (including phenoxy) is 1. The van der Waals surface area contributed by atoms with Crippen molar-refractivity contribution in [3.05, 3.63) is 11.8 Å². The fourth-order valence-electron chi connectivity index (χ4n) is 2.95. The minimum atomic E-state index is -0.674. The van der Waals surface area contributed by atoms with Crippen LogP contribution < -0.4 is 9.64 Å². The number of aromatic nitrogens is 2. The van der Waals surface area contributed by atoms with Crippen LogP contribution in [-0.4, -0.2) is 41.2 Å². The lowest BCUT2D eigenvalue weighted by Gasteiger charge is -2.38. The molecule has 0 atom stereocenters. The van der Waals surface area contributed by atoms with Gasteiger partial charge in [-0.2, -0.15) is 4.98 Å². The topological polar surface area (TPSA) is 75.5 Å². The highest BCUT2D eigenvalue weighted by Gasteiger charge is 2.41. The van der Waals surface area contributed by atoms with Crippen LogP contribution in [-0.2, 0) is 4.79 Å². The van der Waals surface area contributed by atoms with Crippen molar-refractivity contribution < 1.29 is 14.6 Å². The number of hydrogen-bond donors (Lipinski definition) is 1. The summed E-state index contributed by atoms with van der Waals surface area (Å²) in [6.07, 6.45) is 2.89. The number of rotatable bonds is 5. The van der Waals surface area contributed by atoms with Gasteiger partial charge in [-0.3, -0.25) is 4.79 Å². The molecule has 2 rings (SSSR count). The second-order valence-corrected chi connectivity index (χ2v) is 5.67. The van der Waals surface area contributed by atoms with Crippen molar-refractivity contribution in [3.8, 4) is 5.88 Å². The standard InChI is InChI=1S/C15H23N3O3/c1-4-5-15(13(19)20)6-8-18(9-7-15)14-16-11(2)10-12(17-14)21-3/h10H,4-9H2,1-3H3,(H,19,20). The lowest BCUT2D eigenvalue weighted by atomic mass is 9.75. The highest BCUT2D eigenvalue weighted by molar-refractivity contribution is 5.75. The molecule has 1 aliphatic rings. The van der Waals surface area contributed by atoms with E-state index in [4.69, 9.17) is 4.74 Å². The third-order valence-electron chi connectivity index (χ3n) is 4.21. The highest BCUT2D eigenvalue weighted by atomic mass is 16.5. The Hall–Kier alpha value is -1.85. The second kappa shape index (κ2) is 6.28. The molecule has 0 unspecified atom stereocenters. The van der Waals surface area contributed by atoms with Crippen LogP contribution >= 0.6 is 0 Å². The van der Waals surface area contributed by atoms with E-state index in [0.717, 1.165) is 18.5 Å². The van der Waals surface area contributed by atoms with Gasteiger partial charge in [-0.1, -0.05) is 13.3 Å². The summed E-state index contributed by atoms with van der Waals surface area (Å²) in [6, 6.07) is 1.78. The molecule has 0 saturated carbocycles. The number of carbonyl (C=O) groups is 1. The predicted molar refractivity (Wildman–Crippen MR) is 79.7 cm³/mol. The van der Waals surface area contributed by atoms with E-state index in [-0.39, 0.29) is 0 Å². The maximum atomic E-state index is 11.6. The quantitative estimate of drug-likeness (QED) is 0.897. The number of aliphatic carboxylic acids is 1. The van der Waals surface area contributed by atoms with Crippen molar-refractivity contribution in [2.45, 2.75) is 39.5 Å². The number of nitrogens with zero attached hydrogens (tertiary/aromatic N) is 3. The molecule has 0 aromatic carbocycles. The maximum absolute atomic E-state index is 11.6. The normalized spacial score (nSPS) is 17.6. The molecule has 21 heavy (non-hydrogen) atoms. The third kappa shape index (κ3) is 3.25. The van der Waals surface area contributed by atoms with Crippen molar-refractivity contribution >= 4 is 11.9 Å². The van der Waals surface area contributed by atoms with Gasteiger partial charge in [0.2, 0.25) is 11.8 Å². The molecule has 1 aromatic heterocycles. The number of carboxylic acids is 1. The van der Waals surface area contributed by atoms with Crippen molar-refractivity contribution in [3.63, 3.8) is 0 Å². The molecule has 0 radical (unpaired) electrons. The van der Waals surface area contributed by atoms with Crippen LogP contribution in [0.1, 0.15) is 38.3 Å². The zero-order valence-electron chi connectivity index (χ0n) is 12.9. The summed E-state index contributed by atoms with van der Waals surface area (Å²) in [4.78, 5) is 22.4. The summed E-state index contributed by atoms with van der Waals surface area (Å²) in [5, 5.41) is 9.53. The third-order valence-corrected chi connectivity index (χ3v) is 4.21. The van der Waals surface area contributed by atoms with Crippen LogP contribution in [0.5, 0.6) is 5.88 Å². The Labute approximate surface area is 125 Å². The van der Waals surface area contributed by atoms with E-state index in [1.807, 2.05) is 18.7 Å². The van der Waals surface area contributed by atoms with Gasteiger partial charge in [0, 0.05) is 24.8 Å². The first-order chi connectivity index (χ1) is 10.0. The molecule has 0 aliphatic carbocycles. The zero-order valence-corrected chi connectivity index (χ0v) is 12.9. The Kier molecular flexibility index (Phi) is 4.65. The van der Waals surface area contributed by atoms with Crippen molar-refractivity contribution in [2.24, 2.45) is 5.41 Å². The number of carboxylic acid groups (broad SMARTS) is 1. The first-order valence-electron chi connectivity index (χ1n) is 7.39. The summed E-state index contributed by atoms with van der Waals surface area (Å²) < 4.78 is 5.17. The first-order valence-corrected chi connectivity index (χ1v) is 7.39. The minimum Gasteiger partial charge on any atom is -0.481 e. The average Bonchev–Trinajstić information content (AvgIpc) is 2.47. The van der Waals surface area contributed by atoms with E-state index >= 15 is 0 Å².